The number of pyridine rings is 1. The molecule has 0 spiro atoms. The van der Waals surface area contributed by atoms with Crippen LogP contribution in [0.2, 0.25) is 0 Å². The molecule has 1 aromatic carbocycles. The number of carbonyl (C=O) groups excluding carboxylic acids is 1. The smallest absolute Gasteiger partial charge is 0.254 e. The van der Waals surface area contributed by atoms with Crippen molar-refractivity contribution < 1.29 is 9.90 Å². The number of benzene rings is 1. The molecule has 1 aliphatic heterocycles. The van der Waals surface area contributed by atoms with Gasteiger partial charge in [-0.05, 0) is 62.4 Å². The van der Waals surface area contributed by atoms with E-state index in [9.17, 15) is 9.90 Å². The fourth-order valence-electron chi connectivity index (χ4n) is 4.70. The molecule has 3 N–H and O–H groups in total. The summed E-state index contributed by atoms with van der Waals surface area (Å²) >= 11 is 0. The van der Waals surface area contributed by atoms with Gasteiger partial charge < -0.3 is 15.3 Å². The molecule has 2 unspecified atom stereocenters. The molecular formula is C25H29N5O2. The Morgan fingerprint density at radius 2 is 2.03 bits per heavy atom. The van der Waals surface area contributed by atoms with E-state index in [1.807, 2.05) is 23.1 Å². The highest BCUT2D eigenvalue weighted by atomic mass is 16.3. The lowest BCUT2D eigenvalue weighted by Crippen LogP contribution is -2.46. The van der Waals surface area contributed by atoms with Gasteiger partial charge in [-0.2, -0.15) is 5.10 Å². The number of phenols is 1. The maximum Gasteiger partial charge on any atom is 0.254 e. The van der Waals surface area contributed by atoms with E-state index in [0.717, 1.165) is 49.0 Å². The van der Waals surface area contributed by atoms with Crippen LogP contribution >= 0.6 is 0 Å². The molecule has 5 rings (SSSR count). The minimum Gasteiger partial charge on any atom is -0.508 e. The van der Waals surface area contributed by atoms with E-state index >= 15 is 0 Å². The highest BCUT2D eigenvalue weighted by Crippen LogP contribution is 2.51. The molecule has 166 valence electrons. The van der Waals surface area contributed by atoms with Crippen molar-refractivity contribution in [3.63, 3.8) is 0 Å². The highest BCUT2D eigenvalue weighted by Gasteiger charge is 2.41. The number of phenolic OH excluding ortho intramolecular Hbond substituents is 1. The minimum atomic E-state index is 0.0349. The number of carbonyl (C=O) groups is 1. The summed E-state index contributed by atoms with van der Waals surface area (Å²) in [6, 6.07) is 8.79. The van der Waals surface area contributed by atoms with Crippen LogP contribution in [0.3, 0.4) is 0 Å². The van der Waals surface area contributed by atoms with Crippen molar-refractivity contribution in [1.82, 2.24) is 25.4 Å². The summed E-state index contributed by atoms with van der Waals surface area (Å²) in [5.74, 6) is 1.26. The van der Waals surface area contributed by atoms with Gasteiger partial charge >= 0.3 is 0 Å². The third-order valence-electron chi connectivity index (χ3n) is 6.58. The molecule has 0 bridgehead atoms. The largest absolute Gasteiger partial charge is 0.508 e. The van der Waals surface area contributed by atoms with Gasteiger partial charge in [-0.25, -0.2) is 4.98 Å². The number of hydrogen-bond acceptors (Lipinski definition) is 5. The fraction of sp³-hybridized carbons (Fsp3) is 0.400. The SMILES string of the molecule is CC=CCCC1CC1c1[nH]nc2nc(-c3ccc(O)cc3)cc(C(=O)N3CCNCC3)c12. The third kappa shape index (κ3) is 4.00. The van der Waals surface area contributed by atoms with Gasteiger partial charge in [0, 0.05) is 43.4 Å². The summed E-state index contributed by atoms with van der Waals surface area (Å²) in [6.07, 6.45) is 7.66. The van der Waals surface area contributed by atoms with Crippen molar-refractivity contribution >= 4 is 16.9 Å². The second-order valence-electron chi connectivity index (χ2n) is 8.73. The standard InChI is InChI=1S/C25H29N5O2/c1-2-3-4-5-17-14-19(17)23-22-20(25(32)30-12-10-26-11-13-30)15-21(27-24(22)29-28-23)16-6-8-18(31)9-7-16/h2-3,6-9,15,17,19,26,31H,4-5,10-14H2,1H3,(H,27,28,29). The van der Waals surface area contributed by atoms with Crippen LogP contribution in [0, 0.1) is 5.92 Å². The van der Waals surface area contributed by atoms with Crippen LogP contribution in [0.15, 0.2) is 42.5 Å². The molecule has 3 heterocycles. The Morgan fingerprint density at radius 3 is 2.78 bits per heavy atom. The van der Waals surface area contributed by atoms with Crippen LogP contribution in [0.1, 0.15) is 48.2 Å². The maximum atomic E-state index is 13.6. The number of nitrogens with one attached hydrogen (secondary N) is 2. The number of fused-ring (bicyclic) bond motifs is 1. The Kier molecular flexibility index (Phi) is 5.66. The number of amides is 1. The van der Waals surface area contributed by atoms with E-state index in [1.54, 1.807) is 12.1 Å². The molecule has 2 aromatic heterocycles. The summed E-state index contributed by atoms with van der Waals surface area (Å²) < 4.78 is 0. The van der Waals surface area contributed by atoms with Crippen molar-refractivity contribution in [3.8, 4) is 17.0 Å². The molecule has 3 aromatic rings. The Bertz CT molecular complexity index is 1150. The van der Waals surface area contributed by atoms with E-state index in [4.69, 9.17) is 4.98 Å². The van der Waals surface area contributed by atoms with E-state index in [-0.39, 0.29) is 11.7 Å². The number of aromatic hydroxyl groups is 1. The summed E-state index contributed by atoms with van der Waals surface area (Å²) in [5, 5.41) is 21.6. The lowest BCUT2D eigenvalue weighted by molar-refractivity contribution is 0.0737. The Hall–Kier alpha value is -3.19. The van der Waals surface area contributed by atoms with Crippen molar-refractivity contribution in [2.24, 2.45) is 5.92 Å². The number of nitrogens with zero attached hydrogens (tertiary/aromatic N) is 3. The van der Waals surface area contributed by atoms with Crippen molar-refractivity contribution in [1.29, 1.82) is 0 Å². The van der Waals surface area contributed by atoms with Crippen molar-refractivity contribution in [2.45, 2.75) is 32.1 Å². The number of rotatable bonds is 6. The Morgan fingerprint density at radius 1 is 1.25 bits per heavy atom. The van der Waals surface area contributed by atoms with E-state index in [1.165, 1.54) is 0 Å². The average molecular weight is 432 g/mol. The summed E-state index contributed by atoms with van der Waals surface area (Å²) in [4.78, 5) is 20.3. The van der Waals surface area contributed by atoms with Gasteiger partial charge in [0.2, 0.25) is 0 Å². The molecule has 32 heavy (non-hydrogen) atoms. The van der Waals surface area contributed by atoms with Crippen LogP contribution in [-0.2, 0) is 0 Å². The number of piperazine rings is 1. The zero-order valence-electron chi connectivity index (χ0n) is 18.3. The first-order valence-corrected chi connectivity index (χ1v) is 11.4. The zero-order chi connectivity index (χ0) is 22.1. The predicted octanol–water partition coefficient (Wildman–Crippen LogP) is 3.84. The van der Waals surface area contributed by atoms with Crippen LogP contribution in [0.5, 0.6) is 5.75 Å². The quantitative estimate of drug-likeness (QED) is 0.516. The number of aromatic nitrogens is 3. The molecule has 0 radical (unpaired) electrons. The number of hydrogen-bond donors (Lipinski definition) is 3. The van der Waals surface area contributed by atoms with Crippen LogP contribution in [0.4, 0.5) is 0 Å². The predicted molar refractivity (Wildman–Crippen MR) is 125 cm³/mol. The summed E-state index contributed by atoms with van der Waals surface area (Å²) in [7, 11) is 0. The first-order chi connectivity index (χ1) is 15.7. The highest BCUT2D eigenvalue weighted by molar-refractivity contribution is 6.07. The average Bonchev–Trinajstić information content (AvgIpc) is 3.46. The van der Waals surface area contributed by atoms with Gasteiger partial charge in [0.1, 0.15) is 5.75 Å². The topological polar surface area (TPSA) is 94.1 Å². The van der Waals surface area contributed by atoms with Gasteiger partial charge in [-0.1, -0.05) is 12.2 Å². The van der Waals surface area contributed by atoms with Gasteiger partial charge in [-0.15, -0.1) is 0 Å². The number of aromatic amines is 1. The van der Waals surface area contributed by atoms with Gasteiger partial charge in [0.05, 0.1) is 16.6 Å². The van der Waals surface area contributed by atoms with E-state index < -0.39 is 0 Å². The molecular weight excluding hydrogens is 402 g/mol. The second-order valence-corrected chi connectivity index (χ2v) is 8.73. The van der Waals surface area contributed by atoms with Gasteiger partial charge in [0.15, 0.2) is 5.65 Å². The minimum absolute atomic E-state index is 0.0349. The second kappa shape index (κ2) is 8.74. The van der Waals surface area contributed by atoms with Crippen LogP contribution in [-0.4, -0.2) is 57.3 Å². The molecule has 2 fully saturated rings. The Labute approximate surface area is 187 Å². The monoisotopic (exact) mass is 431 g/mol. The Balaban J connectivity index is 1.55. The zero-order valence-corrected chi connectivity index (χ0v) is 18.3. The molecule has 2 aliphatic rings. The lowest BCUT2D eigenvalue weighted by atomic mass is 10.0. The third-order valence-corrected chi connectivity index (χ3v) is 6.58. The normalized spacial score (nSPS) is 20.8. The van der Waals surface area contributed by atoms with Crippen LogP contribution in [0.25, 0.3) is 22.3 Å². The summed E-state index contributed by atoms with van der Waals surface area (Å²) in [6.45, 7) is 5.05. The molecule has 7 heteroatoms. The summed E-state index contributed by atoms with van der Waals surface area (Å²) in [5.41, 5.74) is 3.84. The van der Waals surface area contributed by atoms with Crippen LogP contribution < -0.4 is 5.32 Å². The molecule has 2 atom stereocenters. The first kappa shape index (κ1) is 20.7. The molecule has 1 amide bonds. The first-order valence-electron chi connectivity index (χ1n) is 11.4. The number of allylic oxidation sites excluding steroid dienone is 2. The number of H-pyrrole nitrogens is 1. The molecule has 1 aliphatic carbocycles. The molecule has 1 saturated heterocycles. The lowest BCUT2D eigenvalue weighted by Gasteiger charge is -2.27. The van der Waals surface area contributed by atoms with Crippen molar-refractivity contribution in [2.75, 3.05) is 26.2 Å². The van der Waals surface area contributed by atoms with E-state index in [2.05, 4.69) is 34.6 Å². The van der Waals surface area contributed by atoms with Gasteiger partial charge in [0.25, 0.3) is 5.91 Å². The van der Waals surface area contributed by atoms with Gasteiger partial charge in [-0.3, -0.25) is 9.89 Å². The fourth-order valence-corrected chi connectivity index (χ4v) is 4.70. The molecule has 7 nitrogen and oxygen atoms in total. The maximum absolute atomic E-state index is 13.6. The molecule has 1 saturated carbocycles. The van der Waals surface area contributed by atoms with E-state index in [0.29, 0.717) is 41.8 Å². The van der Waals surface area contributed by atoms with Crippen molar-refractivity contribution in [3.05, 3.63) is 53.7 Å².